The predicted molar refractivity (Wildman–Crippen MR) is 79.7 cm³/mol. The summed E-state index contributed by atoms with van der Waals surface area (Å²) in [6, 6.07) is 12.7. The molecule has 0 bridgehead atoms. The highest BCUT2D eigenvalue weighted by Gasteiger charge is 2.27. The lowest BCUT2D eigenvalue weighted by atomic mass is 9.92. The van der Waals surface area contributed by atoms with Crippen molar-refractivity contribution in [1.29, 1.82) is 0 Å². The molecule has 0 amide bonds. The number of hydrogen-bond donors (Lipinski definition) is 1. The molecule has 2 heterocycles. The quantitative estimate of drug-likeness (QED) is 0.928. The number of hydrogen-bond acceptors (Lipinski definition) is 3. The Hall–Kier alpha value is -1.87. The molecule has 2 atom stereocenters. The van der Waals surface area contributed by atoms with E-state index < -0.39 is 0 Å². The van der Waals surface area contributed by atoms with Crippen LogP contribution < -0.4 is 10.1 Å². The van der Waals surface area contributed by atoms with Gasteiger partial charge in [-0.3, -0.25) is 4.98 Å². The summed E-state index contributed by atoms with van der Waals surface area (Å²) >= 11 is 0. The van der Waals surface area contributed by atoms with Gasteiger partial charge in [-0.1, -0.05) is 31.2 Å². The van der Waals surface area contributed by atoms with Gasteiger partial charge in [-0.05, 0) is 24.6 Å². The first-order valence-corrected chi connectivity index (χ1v) is 7.11. The molecule has 0 aliphatic carbocycles. The lowest BCUT2D eigenvalue weighted by Gasteiger charge is -2.32. The van der Waals surface area contributed by atoms with Crippen LogP contribution in [0.15, 0.2) is 42.6 Å². The van der Waals surface area contributed by atoms with Crippen molar-refractivity contribution in [2.75, 3.05) is 6.61 Å². The van der Waals surface area contributed by atoms with Gasteiger partial charge in [-0.15, -0.1) is 0 Å². The van der Waals surface area contributed by atoms with Gasteiger partial charge >= 0.3 is 0 Å². The maximum absolute atomic E-state index is 5.79. The number of aryl methyl sites for hydroxylation is 1. The van der Waals surface area contributed by atoms with Gasteiger partial charge in [0.15, 0.2) is 0 Å². The first-order valence-electron chi connectivity index (χ1n) is 7.11. The Morgan fingerprint density at radius 1 is 1.25 bits per heavy atom. The van der Waals surface area contributed by atoms with Crippen LogP contribution in [0.2, 0.25) is 0 Å². The molecule has 3 nitrogen and oxygen atoms in total. The van der Waals surface area contributed by atoms with E-state index in [1.807, 2.05) is 24.4 Å². The lowest BCUT2D eigenvalue weighted by Crippen LogP contribution is -2.33. The van der Waals surface area contributed by atoms with Crippen LogP contribution in [-0.2, 0) is 6.54 Å². The molecule has 3 rings (SSSR count). The Labute approximate surface area is 120 Å². The number of rotatable bonds is 3. The van der Waals surface area contributed by atoms with Crippen molar-refractivity contribution in [2.45, 2.75) is 26.4 Å². The lowest BCUT2D eigenvalue weighted by molar-refractivity contribution is 0.187. The summed E-state index contributed by atoms with van der Waals surface area (Å²) in [5.41, 5.74) is 3.59. The van der Waals surface area contributed by atoms with E-state index in [4.69, 9.17) is 4.74 Å². The third-order valence-electron chi connectivity index (χ3n) is 3.93. The van der Waals surface area contributed by atoms with Gasteiger partial charge in [0.25, 0.3) is 0 Å². The monoisotopic (exact) mass is 268 g/mol. The minimum Gasteiger partial charge on any atom is -0.493 e. The molecule has 2 unspecified atom stereocenters. The Bertz CT molecular complexity index is 597. The zero-order chi connectivity index (χ0) is 13.9. The van der Waals surface area contributed by atoms with Gasteiger partial charge in [0.2, 0.25) is 0 Å². The van der Waals surface area contributed by atoms with Crippen molar-refractivity contribution in [2.24, 2.45) is 5.92 Å². The number of para-hydroxylation sites is 1. The molecule has 20 heavy (non-hydrogen) atoms. The van der Waals surface area contributed by atoms with E-state index >= 15 is 0 Å². The number of nitrogens with one attached hydrogen (secondary N) is 1. The van der Waals surface area contributed by atoms with Crippen LogP contribution >= 0.6 is 0 Å². The van der Waals surface area contributed by atoms with E-state index in [0.717, 1.165) is 24.6 Å². The second kappa shape index (κ2) is 5.63. The second-order valence-corrected chi connectivity index (χ2v) is 5.45. The average molecular weight is 268 g/mol. The molecule has 0 radical (unpaired) electrons. The van der Waals surface area contributed by atoms with Crippen LogP contribution in [0.5, 0.6) is 5.75 Å². The summed E-state index contributed by atoms with van der Waals surface area (Å²) < 4.78 is 5.79. The molecule has 0 fully saturated rings. The number of nitrogens with zero attached hydrogens (tertiary/aromatic N) is 1. The summed E-state index contributed by atoms with van der Waals surface area (Å²) in [4.78, 5) is 4.45. The molecule has 1 N–H and O–H groups in total. The van der Waals surface area contributed by atoms with Crippen LogP contribution in [0.3, 0.4) is 0 Å². The molecule has 0 saturated heterocycles. The summed E-state index contributed by atoms with van der Waals surface area (Å²) in [6.45, 7) is 5.87. The van der Waals surface area contributed by atoms with E-state index in [9.17, 15) is 0 Å². The summed E-state index contributed by atoms with van der Waals surface area (Å²) in [7, 11) is 0. The summed E-state index contributed by atoms with van der Waals surface area (Å²) in [5, 5.41) is 3.64. The fourth-order valence-electron chi connectivity index (χ4n) is 2.71. The van der Waals surface area contributed by atoms with E-state index in [1.165, 1.54) is 11.1 Å². The molecule has 1 aliphatic rings. The highest BCUT2D eigenvalue weighted by Crippen LogP contribution is 2.35. The third kappa shape index (κ3) is 2.54. The van der Waals surface area contributed by atoms with Crippen molar-refractivity contribution in [3.8, 4) is 5.75 Å². The molecule has 2 aromatic rings. The van der Waals surface area contributed by atoms with Crippen LogP contribution in [0, 0.1) is 12.8 Å². The zero-order valence-corrected chi connectivity index (χ0v) is 12.0. The Kier molecular flexibility index (Phi) is 3.70. The standard InChI is InChI=1S/C17H20N2O/c1-12-6-5-9-18-15(12)10-19-17-13(2)11-20-16-8-4-3-7-14(16)17/h3-9,13,17,19H,10-11H2,1-2H3. The highest BCUT2D eigenvalue weighted by molar-refractivity contribution is 5.38. The van der Waals surface area contributed by atoms with Crippen molar-refractivity contribution >= 4 is 0 Å². The van der Waals surface area contributed by atoms with Crippen molar-refractivity contribution in [3.05, 3.63) is 59.4 Å². The number of fused-ring (bicyclic) bond motifs is 1. The van der Waals surface area contributed by atoms with Gasteiger partial charge in [-0.25, -0.2) is 0 Å². The molecular weight excluding hydrogens is 248 g/mol. The molecule has 1 aliphatic heterocycles. The van der Waals surface area contributed by atoms with Gasteiger partial charge in [0.1, 0.15) is 5.75 Å². The number of aromatic nitrogens is 1. The second-order valence-electron chi connectivity index (χ2n) is 5.45. The number of benzene rings is 1. The van der Waals surface area contributed by atoms with E-state index in [-0.39, 0.29) is 0 Å². The van der Waals surface area contributed by atoms with E-state index in [2.05, 4.69) is 42.3 Å². The predicted octanol–water partition coefficient (Wildman–Crippen LogP) is 3.25. The number of ether oxygens (including phenoxy) is 1. The van der Waals surface area contributed by atoms with Gasteiger partial charge < -0.3 is 10.1 Å². The van der Waals surface area contributed by atoms with Crippen molar-refractivity contribution in [1.82, 2.24) is 10.3 Å². The van der Waals surface area contributed by atoms with Crippen molar-refractivity contribution < 1.29 is 4.74 Å². The minimum absolute atomic E-state index is 0.321. The number of pyridine rings is 1. The van der Waals surface area contributed by atoms with Gasteiger partial charge in [-0.2, -0.15) is 0 Å². The highest BCUT2D eigenvalue weighted by atomic mass is 16.5. The first-order chi connectivity index (χ1) is 9.75. The van der Waals surface area contributed by atoms with Crippen LogP contribution in [0.1, 0.15) is 29.8 Å². The summed E-state index contributed by atoms with van der Waals surface area (Å²) in [6.07, 6.45) is 1.85. The maximum Gasteiger partial charge on any atom is 0.124 e. The van der Waals surface area contributed by atoms with Crippen LogP contribution in [0.25, 0.3) is 0 Å². The Morgan fingerprint density at radius 2 is 2.10 bits per heavy atom. The smallest absolute Gasteiger partial charge is 0.124 e. The molecular formula is C17H20N2O. The topological polar surface area (TPSA) is 34.2 Å². The third-order valence-corrected chi connectivity index (χ3v) is 3.93. The molecule has 1 aromatic carbocycles. The molecule has 104 valence electrons. The Morgan fingerprint density at radius 3 is 2.95 bits per heavy atom. The van der Waals surface area contributed by atoms with Crippen LogP contribution in [0.4, 0.5) is 0 Å². The molecule has 3 heteroatoms. The molecule has 0 spiro atoms. The first kappa shape index (κ1) is 13.1. The SMILES string of the molecule is Cc1cccnc1CNC1c2ccccc2OCC1C. The molecule has 1 aromatic heterocycles. The van der Waals surface area contributed by atoms with E-state index in [0.29, 0.717) is 12.0 Å². The normalized spacial score (nSPS) is 21.1. The van der Waals surface area contributed by atoms with Crippen LogP contribution in [-0.4, -0.2) is 11.6 Å². The Balaban J connectivity index is 1.79. The van der Waals surface area contributed by atoms with Gasteiger partial charge in [0, 0.05) is 30.3 Å². The van der Waals surface area contributed by atoms with Gasteiger partial charge in [0.05, 0.1) is 12.3 Å². The van der Waals surface area contributed by atoms with E-state index in [1.54, 1.807) is 0 Å². The molecule has 0 saturated carbocycles. The average Bonchev–Trinajstić information content (AvgIpc) is 2.48. The maximum atomic E-state index is 5.79. The largest absolute Gasteiger partial charge is 0.493 e. The van der Waals surface area contributed by atoms with Crippen molar-refractivity contribution in [3.63, 3.8) is 0 Å². The fourth-order valence-corrected chi connectivity index (χ4v) is 2.71. The summed E-state index contributed by atoms with van der Waals surface area (Å²) in [5.74, 6) is 1.45. The zero-order valence-electron chi connectivity index (χ0n) is 12.0. The minimum atomic E-state index is 0.321. The fraction of sp³-hybridized carbons (Fsp3) is 0.353.